The van der Waals surface area contributed by atoms with Crippen LogP contribution >= 0.6 is 22.7 Å². The minimum Gasteiger partial charge on any atom is -0.245 e. The van der Waals surface area contributed by atoms with Gasteiger partial charge in [0.2, 0.25) is 0 Å². The molecule has 0 radical (unpaired) electrons. The fraction of sp³-hybridized carbons (Fsp3) is 0.366. The van der Waals surface area contributed by atoms with E-state index in [1.165, 1.54) is 37.2 Å². The van der Waals surface area contributed by atoms with E-state index in [0.29, 0.717) is 11.8 Å². The summed E-state index contributed by atoms with van der Waals surface area (Å²) in [5, 5.41) is 12.0. The molecule has 8 heterocycles. The van der Waals surface area contributed by atoms with Crippen LogP contribution in [0.2, 0.25) is 0 Å². The van der Waals surface area contributed by atoms with Crippen molar-refractivity contribution in [3.05, 3.63) is 94.3 Å². The first-order chi connectivity index (χ1) is 24.7. The second-order valence-electron chi connectivity index (χ2n) is 13.5. The third kappa shape index (κ3) is 6.22. The van der Waals surface area contributed by atoms with E-state index in [-0.39, 0.29) is 0 Å². The fourth-order valence-corrected chi connectivity index (χ4v) is 9.74. The predicted molar refractivity (Wildman–Crippen MR) is 214 cm³/mol. The summed E-state index contributed by atoms with van der Waals surface area (Å²) in [4.78, 5) is 23.4. The molecule has 0 saturated heterocycles. The molecule has 8 aromatic rings. The van der Waals surface area contributed by atoms with E-state index in [2.05, 4.69) is 107 Å². The average Bonchev–Trinajstić information content (AvgIpc) is 3.87. The molecule has 8 aromatic heterocycles. The van der Waals surface area contributed by atoms with Crippen LogP contribution in [0.5, 0.6) is 0 Å². The monoisotopic (exact) mass is 714 g/mol. The molecule has 8 rings (SSSR count). The van der Waals surface area contributed by atoms with Crippen LogP contribution in [0.3, 0.4) is 0 Å². The molecule has 0 amide bonds. The maximum atomic E-state index is 4.95. The van der Waals surface area contributed by atoms with Gasteiger partial charge in [-0.25, -0.2) is 29.0 Å². The number of fused-ring (bicyclic) bond motifs is 4. The first kappa shape index (κ1) is 34.9. The summed E-state index contributed by atoms with van der Waals surface area (Å²) in [6.07, 6.45) is 8.16. The van der Waals surface area contributed by atoms with Gasteiger partial charge < -0.3 is 0 Å². The normalized spacial score (nSPS) is 11.9. The van der Waals surface area contributed by atoms with E-state index in [1.807, 2.05) is 29.0 Å². The first-order valence-corrected chi connectivity index (χ1v) is 19.7. The molecule has 8 nitrogen and oxygen atoms in total. The first-order valence-electron chi connectivity index (χ1n) is 18.1. The van der Waals surface area contributed by atoms with Gasteiger partial charge in [-0.15, -0.1) is 22.7 Å². The Bertz CT molecular complexity index is 2480. The highest BCUT2D eigenvalue weighted by molar-refractivity contribution is 7.22. The third-order valence-electron chi connectivity index (χ3n) is 10.1. The molecule has 0 saturated carbocycles. The molecule has 0 bridgehead atoms. The minimum absolute atomic E-state index is 0.513. The Hall–Kier alpha value is -4.54. The number of nitrogens with zero attached hydrogens (tertiary/aromatic N) is 8. The standard InChI is InChI=1S/C21H24N4S.C20H22N4S/c1-6-15(7-2)17-11-12(3)24-25-18(14(5)23-20(17)25)19-13(4)16-9-8-10-22-21(16)26-19;1-5-14(6-2)16-10-12(3)23-24-18(13(4)22-19(16)24)17-11-15-8-7-9-21-20(15)25-17/h8-11,15H,6-7H2,1-5H3;7-11,14H,5-6H2,1-4H3. The second-order valence-corrected chi connectivity index (χ2v) is 15.5. The van der Waals surface area contributed by atoms with Crippen molar-refractivity contribution in [2.24, 2.45) is 0 Å². The van der Waals surface area contributed by atoms with E-state index in [1.54, 1.807) is 22.7 Å². The number of pyridine rings is 2. The van der Waals surface area contributed by atoms with Gasteiger partial charge in [0, 0.05) is 34.3 Å². The maximum absolute atomic E-state index is 4.95. The van der Waals surface area contributed by atoms with Crippen LogP contribution < -0.4 is 0 Å². The zero-order valence-electron chi connectivity index (χ0n) is 31.1. The van der Waals surface area contributed by atoms with Crippen molar-refractivity contribution in [2.45, 2.75) is 99.8 Å². The van der Waals surface area contributed by atoms with Crippen molar-refractivity contribution in [1.29, 1.82) is 0 Å². The number of hydrogen-bond acceptors (Lipinski definition) is 8. The topological polar surface area (TPSA) is 86.2 Å². The van der Waals surface area contributed by atoms with Crippen molar-refractivity contribution in [3.63, 3.8) is 0 Å². The van der Waals surface area contributed by atoms with E-state index in [9.17, 15) is 0 Å². The highest BCUT2D eigenvalue weighted by Gasteiger charge is 2.23. The van der Waals surface area contributed by atoms with Gasteiger partial charge in [0.1, 0.15) is 21.0 Å². The van der Waals surface area contributed by atoms with E-state index < -0.39 is 0 Å². The summed E-state index contributed by atoms with van der Waals surface area (Å²) in [7, 11) is 0. The highest BCUT2D eigenvalue weighted by Crippen LogP contribution is 2.40. The summed E-state index contributed by atoms with van der Waals surface area (Å²) in [6, 6.07) is 14.8. The second kappa shape index (κ2) is 14.2. The number of rotatable bonds is 8. The van der Waals surface area contributed by atoms with Gasteiger partial charge in [0.05, 0.1) is 32.5 Å². The quantitative estimate of drug-likeness (QED) is 0.156. The summed E-state index contributed by atoms with van der Waals surface area (Å²) in [6.45, 7) is 19.5. The fourth-order valence-electron chi connectivity index (χ4n) is 7.43. The van der Waals surface area contributed by atoms with Gasteiger partial charge in [0.25, 0.3) is 0 Å². The minimum atomic E-state index is 0.513. The molecule has 51 heavy (non-hydrogen) atoms. The zero-order chi connectivity index (χ0) is 36.0. The molecule has 0 spiro atoms. The van der Waals surface area contributed by atoms with Gasteiger partial charge in [0.15, 0.2) is 11.3 Å². The van der Waals surface area contributed by atoms with Crippen molar-refractivity contribution >= 4 is 54.4 Å². The number of imidazole rings is 2. The van der Waals surface area contributed by atoms with Crippen molar-refractivity contribution < 1.29 is 0 Å². The molecular weight excluding hydrogens is 669 g/mol. The van der Waals surface area contributed by atoms with E-state index >= 15 is 0 Å². The largest absolute Gasteiger partial charge is 0.245 e. The van der Waals surface area contributed by atoms with Gasteiger partial charge >= 0.3 is 0 Å². The van der Waals surface area contributed by atoms with Crippen LogP contribution in [0.25, 0.3) is 52.9 Å². The van der Waals surface area contributed by atoms with Crippen molar-refractivity contribution in [2.75, 3.05) is 0 Å². The molecule has 0 atom stereocenters. The lowest BCUT2D eigenvalue weighted by Gasteiger charge is -2.14. The van der Waals surface area contributed by atoms with Crippen molar-refractivity contribution in [3.8, 4) is 21.1 Å². The highest BCUT2D eigenvalue weighted by atomic mass is 32.1. The number of aryl methyl sites for hydroxylation is 5. The lowest BCUT2D eigenvalue weighted by atomic mass is 9.95. The summed E-state index contributed by atoms with van der Waals surface area (Å²) < 4.78 is 4.11. The third-order valence-corrected chi connectivity index (χ3v) is 12.4. The van der Waals surface area contributed by atoms with Gasteiger partial charge in [-0.2, -0.15) is 10.2 Å². The van der Waals surface area contributed by atoms with Crippen molar-refractivity contribution in [1.82, 2.24) is 39.2 Å². The van der Waals surface area contributed by atoms with Crippen LogP contribution in [-0.2, 0) is 0 Å². The molecule has 10 heteroatoms. The molecule has 0 aromatic carbocycles. The molecule has 0 N–H and O–H groups in total. The Morgan fingerprint density at radius 2 is 1.16 bits per heavy atom. The predicted octanol–water partition coefficient (Wildman–Crippen LogP) is 11.4. The lowest BCUT2D eigenvalue weighted by Crippen LogP contribution is -2.05. The van der Waals surface area contributed by atoms with Crippen LogP contribution in [0, 0.1) is 34.6 Å². The average molecular weight is 715 g/mol. The summed E-state index contributed by atoms with van der Waals surface area (Å²) in [5.41, 5.74) is 12.2. The van der Waals surface area contributed by atoms with Crippen LogP contribution in [-0.4, -0.2) is 39.2 Å². The Morgan fingerprint density at radius 3 is 1.71 bits per heavy atom. The Morgan fingerprint density at radius 1 is 0.627 bits per heavy atom. The SMILES string of the molecule is CCC(CC)c1cc(C)nn2c(-c3cc4cccnc4s3)c(C)nc12.CCC(CC)c1cc(C)nn2c(-c3sc4ncccc4c3C)c(C)nc12. The van der Waals surface area contributed by atoms with Gasteiger partial charge in [-0.3, -0.25) is 0 Å². The number of aromatic nitrogens is 8. The van der Waals surface area contributed by atoms with E-state index in [4.69, 9.17) is 20.2 Å². The van der Waals surface area contributed by atoms with Gasteiger partial charge in [-0.1, -0.05) is 39.8 Å². The van der Waals surface area contributed by atoms with Gasteiger partial charge in [-0.05, 0) is 108 Å². The van der Waals surface area contributed by atoms with Crippen LogP contribution in [0.4, 0.5) is 0 Å². The zero-order valence-corrected chi connectivity index (χ0v) is 32.7. The number of hydrogen-bond donors (Lipinski definition) is 0. The van der Waals surface area contributed by atoms with Crippen LogP contribution in [0.15, 0.2) is 54.9 Å². The molecular formula is C41H46N8S2. The Balaban J connectivity index is 0.000000159. The molecule has 0 fully saturated rings. The Kier molecular flexibility index (Phi) is 9.74. The molecule has 262 valence electrons. The summed E-state index contributed by atoms with van der Waals surface area (Å²) in [5.74, 6) is 1.03. The number of thiophene rings is 2. The molecule has 0 unspecified atom stereocenters. The molecule has 0 aliphatic carbocycles. The molecule has 0 aliphatic heterocycles. The van der Waals surface area contributed by atoms with Crippen LogP contribution in [0.1, 0.15) is 105 Å². The molecule has 0 aliphatic rings. The Labute approximate surface area is 307 Å². The lowest BCUT2D eigenvalue weighted by molar-refractivity contribution is 0.638. The van der Waals surface area contributed by atoms with E-state index in [0.717, 1.165) is 80.8 Å². The maximum Gasteiger partial charge on any atom is 0.158 e. The smallest absolute Gasteiger partial charge is 0.158 e. The summed E-state index contributed by atoms with van der Waals surface area (Å²) >= 11 is 3.43.